The lowest BCUT2D eigenvalue weighted by atomic mass is 10.1. The van der Waals surface area contributed by atoms with Gasteiger partial charge in [-0.05, 0) is 63.2 Å². The van der Waals surface area contributed by atoms with Gasteiger partial charge in [0.15, 0.2) is 0 Å². The number of carbonyl (C=O) groups excluding carboxylic acids is 1. The molecule has 2 N–H and O–H groups in total. The van der Waals surface area contributed by atoms with Gasteiger partial charge in [-0.25, -0.2) is 23.1 Å². The summed E-state index contributed by atoms with van der Waals surface area (Å²) in [5, 5.41) is 3.69. The van der Waals surface area contributed by atoms with Crippen LogP contribution in [0.5, 0.6) is 0 Å². The van der Waals surface area contributed by atoms with Crippen molar-refractivity contribution >= 4 is 38.5 Å². The van der Waals surface area contributed by atoms with Gasteiger partial charge in [-0.3, -0.25) is 4.79 Å². The van der Waals surface area contributed by atoms with Crippen LogP contribution in [0.25, 0.3) is 11.0 Å². The monoisotopic (exact) mass is 450 g/mol. The number of rotatable bonds is 6. The highest BCUT2D eigenvalue weighted by Crippen LogP contribution is 2.23. The Bertz CT molecular complexity index is 1390. The highest BCUT2D eigenvalue weighted by Gasteiger charge is 2.17. The van der Waals surface area contributed by atoms with Crippen LogP contribution in [-0.2, 0) is 21.2 Å². The average molecular weight is 451 g/mol. The summed E-state index contributed by atoms with van der Waals surface area (Å²) in [5.74, 6) is -0.214. The largest absolute Gasteiger partial charge is 0.464 e. The van der Waals surface area contributed by atoms with Gasteiger partial charge >= 0.3 is 0 Å². The van der Waals surface area contributed by atoms with Crippen molar-refractivity contribution in [3.8, 4) is 0 Å². The number of nitrogens with zero attached hydrogens (tertiary/aromatic N) is 2. The first kappa shape index (κ1) is 21.5. The summed E-state index contributed by atoms with van der Waals surface area (Å²) in [6, 6.07) is 13.5. The molecule has 8 nitrogen and oxygen atoms in total. The summed E-state index contributed by atoms with van der Waals surface area (Å²) in [6.45, 7) is 5.50. The fraction of sp³-hybridized carbons (Fsp3) is 0.174. The Balaban J connectivity index is 1.44. The second-order valence-corrected chi connectivity index (χ2v) is 9.27. The third kappa shape index (κ3) is 4.78. The summed E-state index contributed by atoms with van der Waals surface area (Å²) in [7, 11) is -3.86. The predicted octanol–water partition coefficient (Wildman–Crippen LogP) is 4.13. The van der Waals surface area contributed by atoms with Crippen LogP contribution in [0.4, 0.5) is 11.6 Å². The zero-order valence-electron chi connectivity index (χ0n) is 17.8. The summed E-state index contributed by atoms with van der Waals surface area (Å²) in [4.78, 5) is 20.7. The zero-order chi connectivity index (χ0) is 22.9. The van der Waals surface area contributed by atoms with Crippen molar-refractivity contribution in [1.29, 1.82) is 0 Å². The molecule has 0 unspecified atom stereocenters. The van der Waals surface area contributed by atoms with Gasteiger partial charge < -0.3 is 9.73 Å². The van der Waals surface area contributed by atoms with E-state index in [1.165, 1.54) is 24.3 Å². The Hall–Kier alpha value is -3.72. The minimum absolute atomic E-state index is 0.0162. The molecule has 0 aliphatic heterocycles. The number of hydrogen-bond donors (Lipinski definition) is 2. The third-order valence-corrected chi connectivity index (χ3v) is 6.16. The maximum atomic E-state index is 12.6. The number of hydrogen-bond acceptors (Lipinski definition) is 6. The molecule has 164 valence electrons. The lowest BCUT2D eigenvalue weighted by Crippen LogP contribution is -2.16. The summed E-state index contributed by atoms with van der Waals surface area (Å²) in [6.07, 6.45) is 1.72. The van der Waals surface area contributed by atoms with Crippen LogP contribution in [0.2, 0.25) is 0 Å². The molecule has 1 amide bonds. The van der Waals surface area contributed by atoms with Gasteiger partial charge in [-0.15, -0.1) is 0 Å². The van der Waals surface area contributed by atoms with E-state index in [4.69, 9.17) is 4.42 Å². The summed E-state index contributed by atoms with van der Waals surface area (Å²) in [5.41, 5.74) is 4.41. The minimum Gasteiger partial charge on any atom is -0.464 e. The predicted molar refractivity (Wildman–Crippen MR) is 122 cm³/mol. The van der Waals surface area contributed by atoms with Crippen molar-refractivity contribution in [2.24, 2.45) is 0 Å². The van der Waals surface area contributed by atoms with Gasteiger partial charge in [0, 0.05) is 28.0 Å². The Morgan fingerprint density at radius 2 is 1.66 bits per heavy atom. The number of aromatic nitrogens is 2. The number of aryl methyl sites for hydroxylation is 3. The van der Waals surface area contributed by atoms with Gasteiger partial charge in [0.25, 0.3) is 10.0 Å². The zero-order valence-corrected chi connectivity index (χ0v) is 18.7. The Kier molecular flexibility index (Phi) is 5.67. The molecule has 4 rings (SSSR count). The average Bonchev–Trinajstić information content (AvgIpc) is 3.09. The molecule has 9 heteroatoms. The fourth-order valence-electron chi connectivity index (χ4n) is 3.38. The van der Waals surface area contributed by atoms with Crippen LogP contribution in [0.3, 0.4) is 0 Å². The van der Waals surface area contributed by atoms with Crippen LogP contribution in [0.15, 0.2) is 64.1 Å². The SMILES string of the molecule is Cc1ccc2occ(CC(=O)Nc3ccc(S(=O)(=O)Nc4nc(C)cc(C)n4)cc3)c2c1. The molecule has 0 bridgehead atoms. The molecule has 0 radical (unpaired) electrons. The van der Waals surface area contributed by atoms with Crippen molar-refractivity contribution in [2.75, 3.05) is 10.0 Å². The van der Waals surface area contributed by atoms with E-state index in [2.05, 4.69) is 20.0 Å². The second kappa shape index (κ2) is 8.43. The summed E-state index contributed by atoms with van der Waals surface area (Å²) >= 11 is 0. The topological polar surface area (TPSA) is 114 Å². The maximum Gasteiger partial charge on any atom is 0.264 e. The quantitative estimate of drug-likeness (QED) is 0.457. The number of amides is 1. The van der Waals surface area contributed by atoms with E-state index in [1.54, 1.807) is 26.2 Å². The van der Waals surface area contributed by atoms with Crippen molar-refractivity contribution in [3.63, 3.8) is 0 Å². The Morgan fingerprint density at radius 1 is 0.969 bits per heavy atom. The van der Waals surface area contributed by atoms with Gasteiger partial charge in [0.2, 0.25) is 11.9 Å². The first-order chi connectivity index (χ1) is 15.2. The van der Waals surface area contributed by atoms with Gasteiger partial charge in [0.1, 0.15) is 5.58 Å². The molecule has 32 heavy (non-hydrogen) atoms. The van der Waals surface area contributed by atoms with Crippen LogP contribution in [-0.4, -0.2) is 24.3 Å². The molecular weight excluding hydrogens is 428 g/mol. The van der Waals surface area contributed by atoms with Crippen molar-refractivity contribution < 1.29 is 17.6 Å². The van der Waals surface area contributed by atoms with Gasteiger partial charge in [-0.2, -0.15) is 0 Å². The number of furan rings is 1. The molecule has 2 aromatic heterocycles. The van der Waals surface area contributed by atoms with Crippen LogP contribution in [0, 0.1) is 20.8 Å². The Morgan fingerprint density at radius 3 is 2.34 bits per heavy atom. The van der Waals surface area contributed by atoms with E-state index < -0.39 is 10.0 Å². The fourth-order valence-corrected chi connectivity index (χ4v) is 4.32. The maximum absolute atomic E-state index is 12.6. The highest BCUT2D eigenvalue weighted by molar-refractivity contribution is 7.92. The van der Waals surface area contributed by atoms with Crippen molar-refractivity contribution in [3.05, 3.63) is 77.3 Å². The van der Waals surface area contributed by atoms with E-state index in [9.17, 15) is 13.2 Å². The normalized spacial score (nSPS) is 11.5. The molecule has 2 aromatic carbocycles. The van der Waals surface area contributed by atoms with E-state index >= 15 is 0 Å². The first-order valence-electron chi connectivity index (χ1n) is 9.91. The minimum atomic E-state index is -3.86. The van der Waals surface area contributed by atoms with E-state index in [-0.39, 0.29) is 23.2 Å². The molecule has 0 fully saturated rings. The second-order valence-electron chi connectivity index (χ2n) is 7.59. The lowest BCUT2D eigenvalue weighted by Gasteiger charge is -2.09. The van der Waals surface area contributed by atoms with E-state index in [0.29, 0.717) is 17.1 Å². The first-order valence-corrected chi connectivity index (χ1v) is 11.4. The number of carbonyl (C=O) groups is 1. The smallest absolute Gasteiger partial charge is 0.264 e. The Labute approximate surface area is 185 Å². The molecule has 0 spiro atoms. The third-order valence-electron chi connectivity index (χ3n) is 4.82. The molecule has 2 heterocycles. The number of sulfonamides is 1. The molecule has 0 aliphatic rings. The highest BCUT2D eigenvalue weighted by atomic mass is 32.2. The van der Waals surface area contributed by atoms with E-state index in [0.717, 1.165) is 22.1 Å². The van der Waals surface area contributed by atoms with Crippen molar-refractivity contribution in [1.82, 2.24) is 9.97 Å². The molecular formula is C23H22N4O4S. The van der Waals surface area contributed by atoms with Crippen LogP contribution >= 0.6 is 0 Å². The molecule has 4 aromatic rings. The number of benzene rings is 2. The molecule has 0 atom stereocenters. The van der Waals surface area contributed by atoms with E-state index in [1.807, 2.05) is 25.1 Å². The van der Waals surface area contributed by atoms with Gasteiger partial charge in [-0.1, -0.05) is 11.6 Å². The number of nitrogens with one attached hydrogen (secondary N) is 2. The van der Waals surface area contributed by atoms with Crippen LogP contribution < -0.4 is 10.0 Å². The van der Waals surface area contributed by atoms with Crippen molar-refractivity contribution in [2.45, 2.75) is 32.1 Å². The number of anilines is 2. The summed E-state index contributed by atoms with van der Waals surface area (Å²) < 4.78 is 33.2. The number of fused-ring (bicyclic) bond motifs is 1. The molecule has 0 saturated carbocycles. The van der Waals surface area contributed by atoms with Gasteiger partial charge in [0.05, 0.1) is 17.6 Å². The standard InChI is InChI=1S/C23H22N4O4S/c1-14-4-9-21-20(10-14)17(13-31-21)12-22(28)26-18-5-7-19(8-6-18)32(29,30)27-23-24-15(2)11-16(3)25-23/h4-11,13H,12H2,1-3H3,(H,26,28)(H,24,25,27). The van der Waals surface area contributed by atoms with Crippen LogP contribution in [0.1, 0.15) is 22.5 Å². The molecule has 0 saturated heterocycles. The molecule has 0 aliphatic carbocycles. The lowest BCUT2D eigenvalue weighted by molar-refractivity contribution is -0.115.